The van der Waals surface area contributed by atoms with Crippen molar-refractivity contribution in [2.45, 2.75) is 30.6 Å². The summed E-state index contributed by atoms with van der Waals surface area (Å²) in [6, 6.07) is 2.95. The number of nitrogens with zero attached hydrogens (tertiary/aromatic N) is 3. The first-order chi connectivity index (χ1) is 20.7. The predicted octanol–water partition coefficient (Wildman–Crippen LogP) is 0.658. The number of amides is 1. The van der Waals surface area contributed by atoms with Gasteiger partial charge in [-0.05, 0) is 39.1 Å². The van der Waals surface area contributed by atoms with Crippen LogP contribution in [-0.4, -0.2) is 100 Å². The minimum absolute atomic E-state index is 0.150. The number of benzene rings is 1. The molecule has 9 N–H and O–H groups in total. The summed E-state index contributed by atoms with van der Waals surface area (Å²) in [7, 11) is 3.03. The largest absolute Gasteiger partial charge is 0.508 e. The molecule has 6 rings (SSSR count). The minimum Gasteiger partial charge on any atom is -0.508 e. The van der Waals surface area contributed by atoms with E-state index in [1.807, 2.05) is 0 Å². The van der Waals surface area contributed by atoms with Crippen molar-refractivity contribution in [1.29, 1.82) is 0 Å². The van der Waals surface area contributed by atoms with E-state index in [0.717, 1.165) is 0 Å². The van der Waals surface area contributed by atoms with Gasteiger partial charge in [-0.2, -0.15) is 0 Å². The summed E-state index contributed by atoms with van der Waals surface area (Å²) < 4.78 is 0.208. The third-order valence-electron chi connectivity index (χ3n) is 8.81. The first kappa shape index (κ1) is 29.4. The first-order valence-corrected chi connectivity index (χ1v) is 14.0. The molecule has 0 bridgehead atoms. The molecule has 2 aromatic heterocycles. The first-order valence-electron chi connectivity index (χ1n) is 13.6. The standard InChI is InChI=1S/C28H29N7O8S/c1-27(42)10-5-4-6-13(36)14(10)19(37)15-11(27)7-12-18(35(2)3)20(38)16(22(40)28(12,43)21(15)39)24(41)31-9-32-26-33-23-17(25(44)34-26)29-8-30-23/h4-6,8,11-12,18,36-37,40,42-43H,7,9H2,1-3H3,(H,31,41)(H3,29,30,32,33,34,44)/t11-,12-,18-,27+,28-/m0/s1. The number of imidazole rings is 1. The van der Waals surface area contributed by atoms with E-state index in [2.05, 4.69) is 30.6 Å². The lowest BCUT2D eigenvalue weighted by atomic mass is 9.54. The Labute approximate surface area is 254 Å². The maximum Gasteiger partial charge on any atom is 0.259 e. The average Bonchev–Trinajstić information content (AvgIpc) is 3.43. The summed E-state index contributed by atoms with van der Waals surface area (Å²) in [5.74, 6) is -7.70. The highest BCUT2D eigenvalue weighted by Gasteiger charge is 2.66. The number of hydrogen-bond donors (Lipinski definition) is 9. The number of carbonyl (C=O) groups excluding carboxylic acids is 3. The Hall–Kier alpha value is -4.64. The monoisotopic (exact) mass is 623 g/mol. The van der Waals surface area contributed by atoms with Gasteiger partial charge < -0.3 is 46.1 Å². The molecule has 5 atom stereocenters. The highest BCUT2D eigenvalue weighted by Crippen LogP contribution is 2.57. The second kappa shape index (κ2) is 9.95. The maximum absolute atomic E-state index is 14.1. The van der Waals surface area contributed by atoms with Crippen LogP contribution in [0.4, 0.5) is 5.95 Å². The van der Waals surface area contributed by atoms with Gasteiger partial charge in [0.2, 0.25) is 11.7 Å². The van der Waals surface area contributed by atoms with Crippen molar-refractivity contribution in [1.82, 2.24) is 30.2 Å². The lowest BCUT2D eigenvalue weighted by molar-refractivity contribution is -0.159. The minimum atomic E-state index is -2.82. The van der Waals surface area contributed by atoms with Crippen LogP contribution in [0.3, 0.4) is 0 Å². The van der Waals surface area contributed by atoms with Crippen molar-refractivity contribution in [3.05, 3.63) is 57.2 Å². The van der Waals surface area contributed by atoms with Crippen molar-refractivity contribution in [2.75, 3.05) is 26.1 Å². The SMILES string of the molecule is CN(C)[C@@H]1C(=O)C(C(=O)NCNc2nc(=S)c3[nH]cnc3[nH]2)=C(O)[C@@]2(O)C(=O)C3=C(O)c4c(O)cccc4[C@@](C)(O)[C@H]3C[C@@H]12. The van der Waals surface area contributed by atoms with Gasteiger partial charge >= 0.3 is 0 Å². The van der Waals surface area contributed by atoms with Gasteiger partial charge in [-0.15, -0.1) is 0 Å². The summed E-state index contributed by atoms with van der Waals surface area (Å²) >= 11 is 5.21. The van der Waals surface area contributed by atoms with Crippen molar-refractivity contribution in [3.63, 3.8) is 0 Å². The van der Waals surface area contributed by atoms with E-state index < -0.39 is 75.0 Å². The number of phenols is 1. The number of carbonyl (C=O) groups is 3. The average molecular weight is 624 g/mol. The fraction of sp³-hybridized carbons (Fsp3) is 0.357. The number of nitrogens with one attached hydrogen (secondary N) is 4. The summed E-state index contributed by atoms with van der Waals surface area (Å²) in [6.07, 6.45) is 1.19. The Morgan fingerprint density at radius 1 is 1.20 bits per heavy atom. The van der Waals surface area contributed by atoms with Gasteiger partial charge in [-0.25, -0.2) is 9.97 Å². The summed E-state index contributed by atoms with van der Waals surface area (Å²) in [5, 5.41) is 61.9. The predicted molar refractivity (Wildman–Crippen MR) is 157 cm³/mol. The lowest BCUT2D eigenvalue weighted by Crippen LogP contribution is -2.67. The molecule has 3 aliphatic carbocycles. The van der Waals surface area contributed by atoms with Crippen molar-refractivity contribution < 1.29 is 39.9 Å². The second-order valence-corrected chi connectivity index (χ2v) is 11.9. The number of ketones is 2. The molecular weight excluding hydrogens is 594 g/mol. The molecule has 0 unspecified atom stereocenters. The number of aliphatic hydroxyl groups excluding tert-OH is 2. The third-order valence-corrected chi connectivity index (χ3v) is 9.10. The van der Waals surface area contributed by atoms with E-state index >= 15 is 0 Å². The van der Waals surface area contributed by atoms with E-state index in [1.54, 1.807) is 0 Å². The van der Waals surface area contributed by atoms with Crippen LogP contribution in [0.5, 0.6) is 5.75 Å². The topological polar surface area (TPSA) is 237 Å². The van der Waals surface area contributed by atoms with Crippen molar-refractivity contribution in [3.8, 4) is 5.75 Å². The molecule has 3 aliphatic rings. The molecule has 2 heterocycles. The zero-order valence-corrected chi connectivity index (χ0v) is 24.5. The van der Waals surface area contributed by atoms with Crippen LogP contribution in [-0.2, 0) is 20.0 Å². The highest BCUT2D eigenvalue weighted by atomic mass is 32.1. The summed E-state index contributed by atoms with van der Waals surface area (Å²) in [5.41, 5.74) is -5.03. The normalized spacial score (nSPS) is 28.2. The fourth-order valence-electron chi connectivity index (χ4n) is 6.71. The number of Topliss-reactive ketones (excluding diaryl/α,β-unsaturated/α-hetero) is 2. The Balaban J connectivity index is 1.39. The summed E-state index contributed by atoms with van der Waals surface area (Å²) in [4.78, 5) is 56.6. The molecule has 1 amide bonds. The number of hydrogen-bond acceptors (Lipinski definition) is 13. The number of likely N-dealkylation sites (N-methyl/N-ethyl adjacent to an activating group) is 1. The van der Waals surface area contributed by atoms with Gasteiger partial charge in [-0.3, -0.25) is 19.3 Å². The Bertz CT molecular complexity index is 1890. The molecule has 0 spiro atoms. The Morgan fingerprint density at radius 3 is 2.64 bits per heavy atom. The highest BCUT2D eigenvalue weighted by molar-refractivity contribution is 7.71. The van der Waals surface area contributed by atoms with Crippen LogP contribution >= 0.6 is 12.2 Å². The Morgan fingerprint density at radius 2 is 1.93 bits per heavy atom. The molecule has 230 valence electrons. The van der Waals surface area contributed by atoms with Gasteiger partial charge in [0.25, 0.3) is 5.91 Å². The van der Waals surface area contributed by atoms with Gasteiger partial charge in [0, 0.05) is 17.4 Å². The van der Waals surface area contributed by atoms with Gasteiger partial charge in [0.1, 0.15) is 28.4 Å². The van der Waals surface area contributed by atoms with Crippen LogP contribution in [0.2, 0.25) is 0 Å². The molecule has 16 heteroatoms. The van der Waals surface area contributed by atoms with Crippen LogP contribution in [0.1, 0.15) is 24.5 Å². The van der Waals surface area contributed by atoms with Crippen molar-refractivity contribution in [2.24, 2.45) is 11.8 Å². The van der Waals surface area contributed by atoms with Gasteiger partial charge in [0.15, 0.2) is 21.7 Å². The van der Waals surface area contributed by atoms with E-state index in [-0.39, 0.29) is 34.8 Å². The molecule has 3 aromatic rings. The number of aromatic hydroxyl groups is 1. The molecule has 1 fully saturated rings. The molecular formula is C28H29N7O8S. The fourth-order valence-corrected chi connectivity index (χ4v) is 6.96. The zero-order chi connectivity index (χ0) is 31.9. The summed E-state index contributed by atoms with van der Waals surface area (Å²) in [6.45, 7) is 1.09. The van der Waals surface area contributed by atoms with E-state index in [4.69, 9.17) is 12.2 Å². The third kappa shape index (κ3) is 3.98. The van der Waals surface area contributed by atoms with E-state index in [1.165, 1.54) is 50.4 Å². The number of aliphatic hydroxyl groups is 4. The number of aromatic nitrogens is 4. The molecule has 44 heavy (non-hydrogen) atoms. The van der Waals surface area contributed by atoms with Gasteiger partial charge in [0.05, 0.1) is 30.2 Å². The van der Waals surface area contributed by atoms with Crippen LogP contribution in [0.25, 0.3) is 16.9 Å². The van der Waals surface area contributed by atoms with Gasteiger partial charge in [-0.1, -0.05) is 24.4 Å². The molecule has 0 aliphatic heterocycles. The number of aromatic amines is 2. The molecule has 0 radical (unpaired) electrons. The van der Waals surface area contributed by atoms with E-state index in [0.29, 0.717) is 11.2 Å². The molecule has 15 nitrogen and oxygen atoms in total. The Kier molecular flexibility index (Phi) is 6.66. The lowest BCUT2D eigenvalue weighted by Gasteiger charge is -2.53. The quantitative estimate of drug-likeness (QED) is 0.108. The number of anilines is 1. The number of rotatable bonds is 5. The number of H-pyrrole nitrogens is 2. The second-order valence-electron chi connectivity index (χ2n) is 11.5. The molecule has 1 aromatic carbocycles. The van der Waals surface area contributed by atoms with Crippen LogP contribution in [0, 0.1) is 16.5 Å². The van der Waals surface area contributed by atoms with Crippen LogP contribution in [0.15, 0.2) is 41.4 Å². The zero-order valence-electron chi connectivity index (χ0n) is 23.7. The maximum atomic E-state index is 14.1. The smallest absolute Gasteiger partial charge is 0.259 e. The van der Waals surface area contributed by atoms with Crippen molar-refractivity contribution >= 4 is 52.6 Å². The molecule has 0 saturated heterocycles. The number of fused-ring (bicyclic) bond motifs is 4. The number of phenolic OH excluding ortho intramolecular Hbond substituents is 1. The van der Waals surface area contributed by atoms with E-state index in [9.17, 15) is 39.9 Å². The van der Waals surface area contributed by atoms with Crippen LogP contribution < -0.4 is 10.6 Å². The molecule has 1 saturated carbocycles.